The number of anilines is 3. The summed E-state index contributed by atoms with van der Waals surface area (Å²) in [6.45, 7) is 0. The monoisotopic (exact) mass is 834 g/mol. The van der Waals surface area contributed by atoms with Crippen molar-refractivity contribution in [2.24, 2.45) is 0 Å². The van der Waals surface area contributed by atoms with E-state index in [9.17, 15) is 0 Å². The van der Waals surface area contributed by atoms with E-state index < -0.39 is 0 Å². The fraction of sp³-hybridized carbons (Fsp3) is 0. The van der Waals surface area contributed by atoms with E-state index in [4.69, 9.17) is 4.42 Å². The predicted octanol–water partition coefficient (Wildman–Crippen LogP) is 17.5. The van der Waals surface area contributed by atoms with E-state index >= 15 is 0 Å². The van der Waals surface area contributed by atoms with Gasteiger partial charge < -0.3 is 13.9 Å². The first-order valence-corrected chi connectivity index (χ1v) is 22.6. The molecule has 3 aromatic heterocycles. The number of hydrogen-bond donors (Lipinski definition) is 0. The Morgan fingerprint density at radius 1 is 0.375 bits per heavy atom. The second-order valence-corrected chi connectivity index (χ2v) is 17.4. The number of rotatable bonds is 7. The number of aromatic nitrogens is 1. The van der Waals surface area contributed by atoms with Crippen LogP contribution in [0.1, 0.15) is 0 Å². The molecule has 3 nitrogen and oxygen atoms in total. The third kappa shape index (κ3) is 5.73. The third-order valence-electron chi connectivity index (χ3n) is 12.8. The summed E-state index contributed by atoms with van der Waals surface area (Å²) in [6.07, 6.45) is 0. The summed E-state index contributed by atoms with van der Waals surface area (Å²) in [5.41, 5.74) is 15.8. The number of furan rings is 1. The van der Waals surface area contributed by atoms with E-state index in [1.165, 1.54) is 69.8 Å². The van der Waals surface area contributed by atoms with Crippen LogP contribution >= 0.6 is 11.3 Å². The van der Waals surface area contributed by atoms with Crippen LogP contribution < -0.4 is 4.90 Å². The molecule has 0 fully saturated rings. The maximum atomic E-state index is 6.37. The first kappa shape index (κ1) is 36.5. The molecule has 0 unspecified atom stereocenters. The van der Waals surface area contributed by atoms with Gasteiger partial charge in [0, 0.05) is 64.3 Å². The molecule has 0 bridgehead atoms. The number of fused-ring (bicyclic) bond motifs is 9. The first-order valence-electron chi connectivity index (χ1n) is 21.8. The molecule has 13 aromatic rings. The number of hydrogen-bond acceptors (Lipinski definition) is 3. The lowest BCUT2D eigenvalue weighted by Crippen LogP contribution is -2.10. The first-order chi connectivity index (χ1) is 31.8. The molecule has 0 saturated carbocycles. The van der Waals surface area contributed by atoms with Crippen LogP contribution in [0.2, 0.25) is 0 Å². The quantitative estimate of drug-likeness (QED) is 0.159. The Morgan fingerprint density at radius 3 is 1.75 bits per heavy atom. The average molecular weight is 835 g/mol. The van der Waals surface area contributed by atoms with E-state index in [1.807, 2.05) is 17.4 Å². The molecule has 0 aliphatic heterocycles. The van der Waals surface area contributed by atoms with Crippen LogP contribution in [0.25, 0.3) is 103 Å². The van der Waals surface area contributed by atoms with E-state index in [0.29, 0.717) is 0 Å². The number of benzene rings is 10. The predicted molar refractivity (Wildman–Crippen MR) is 272 cm³/mol. The molecule has 13 rings (SSSR count). The summed E-state index contributed by atoms with van der Waals surface area (Å²) in [7, 11) is 0. The SMILES string of the molecule is c1ccc(N(c2ccc(-c3cccc(-n4c5ccccc5c5ccccc54)c3)cc2)c2ccc(-c3ccccc3-c3cccc4oc5ccccc5c34)c3sc4ccccc4c23)cc1. The zero-order valence-corrected chi connectivity index (χ0v) is 35.5. The molecule has 10 aromatic carbocycles. The molecule has 0 spiro atoms. The van der Waals surface area contributed by atoms with Crippen molar-refractivity contribution in [3.05, 3.63) is 231 Å². The highest BCUT2D eigenvalue weighted by Crippen LogP contribution is 2.50. The molecule has 0 N–H and O–H groups in total. The lowest BCUT2D eigenvalue weighted by molar-refractivity contribution is 0.669. The van der Waals surface area contributed by atoms with Crippen molar-refractivity contribution in [3.8, 4) is 39.1 Å². The lowest BCUT2D eigenvalue weighted by atomic mass is 9.91. The largest absolute Gasteiger partial charge is 0.456 e. The van der Waals surface area contributed by atoms with Gasteiger partial charge in [0.25, 0.3) is 0 Å². The minimum Gasteiger partial charge on any atom is -0.456 e. The summed E-state index contributed by atoms with van der Waals surface area (Å²) in [5, 5.41) is 7.29. The van der Waals surface area contributed by atoms with Crippen molar-refractivity contribution >= 4 is 92.3 Å². The zero-order valence-electron chi connectivity index (χ0n) is 34.7. The molecule has 0 saturated heterocycles. The van der Waals surface area contributed by atoms with Crippen LogP contribution in [-0.2, 0) is 0 Å². The van der Waals surface area contributed by atoms with Crippen LogP contribution in [0.3, 0.4) is 0 Å². The van der Waals surface area contributed by atoms with Crippen molar-refractivity contribution in [2.45, 2.75) is 0 Å². The van der Waals surface area contributed by atoms with Gasteiger partial charge in [0.15, 0.2) is 0 Å². The van der Waals surface area contributed by atoms with Crippen LogP contribution in [0.4, 0.5) is 17.1 Å². The second kappa shape index (κ2) is 14.7. The molecular weight excluding hydrogens is 797 g/mol. The normalized spacial score (nSPS) is 11.8. The van der Waals surface area contributed by atoms with Crippen molar-refractivity contribution in [2.75, 3.05) is 4.90 Å². The van der Waals surface area contributed by atoms with Gasteiger partial charge in [0.05, 0.1) is 16.7 Å². The fourth-order valence-electron chi connectivity index (χ4n) is 9.99. The van der Waals surface area contributed by atoms with Gasteiger partial charge >= 0.3 is 0 Å². The second-order valence-electron chi connectivity index (χ2n) is 16.4. The maximum Gasteiger partial charge on any atom is 0.136 e. The van der Waals surface area contributed by atoms with Crippen molar-refractivity contribution in [1.29, 1.82) is 0 Å². The highest BCUT2D eigenvalue weighted by Gasteiger charge is 2.23. The minimum absolute atomic E-state index is 0.899. The van der Waals surface area contributed by atoms with E-state index in [1.54, 1.807) is 0 Å². The smallest absolute Gasteiger partial charge is 0.136 e. The Bertz CT molecular complexity index is 3860. The van der Waals surface area contributed by atoms with E-state index in [0.717, 1.165) is 50.3 Å². The molecule has 0 aliphatic carbocycles. The van der Waals surface area contributed by atoms with Gasteiger partial charge in [0.1, 0.15) is 11.2 Å². The van der Waals surface area contributed by atoms with Gasteiger partial charge in [-0.05, 0) is 101 Å². The Morgan fingerprint density at radius 2 is 0.969 bits per heavy atom. The molecule has 0 amide bonds. The van der Waals surface area contributed by atoms with Gasteiger partial charge in [-0.15, -0.1) is 11.3 Å². The maximum absolute atomic E-state index is 6.37. The van der Waals surface area contributed by atoms with Gasteiger partial charge in [0.2, 0.25) is 0 Å². The summed E-state index contributed by atoms with van der Waals surface area (Å²) in [4.78, 5) is 2.42. The van der Waals surface area contributed by atoms with Crippen LogP contribution in [0.5, 0.6) is 0 Å². The fourth-order valence-corrected chi connectivity index (χ4v) is 11.2. The van der Waals surface area contributed by atoms with Crippen molar-refractivity contribution < 1.29 is 4.42 Å². The molecule has 300 valence electrons. The Kier molecular flexibility index (Phi) is 8.40. The average Bonchev–Trinajstić information content (AvgIpc) is 4.05. The highest BCUT2D eigenvalue weighted by molar-refractivity contribution is 7.26. The molecule has 3 heterocycles. The number of thiophene rings is 1. The Hall–Kier alpha value is -8.18. The zero-order chi connectivity index (χ0) is 42.1. The van der Waals surface area contributed by atoms with Crippen molar-refractivity contribution in [1.82, 2.24) is 4.57 Å². The molecule has 0 aliphatic rings. The molecule has 4 heteroatoms. The standard InChI is InChI=1S/C60H38N2OS/c1-2-17-41(18-3-1)61(42-34-32-39(33-35-42)40-16-14-19-43(38-40)62-52-27-10-6-22-46(52)47-23-7-11-28-53(47)62)54-37-36-49(60-59(54)51-25-9-13-31-57(51)64-60)45-21-5-4-20-44(45)48-26-15-30-56-58(48)50-24-8-12-29-55(50)63-56/h1-38H. The van der Waals surface area contributed by atoms with E-state index in [2.05, 4.69) is 234 Å². The summed E-state index contributed by atoms with van der Waals surface area (Å²) in [6, 6.07) is 83.3. The third-order valence-corrected chi connectivity index (χ3v) is 14.0. The highest BCUT2D eigenvalue weighted by atomic mass is 32.1. The topological polar surface area (TPSA) is 21.3 Å². The Balaban J connectivity index is 0.960. The molecule has 64 heavy (non-hydrogen) atoms. The van der Waals surface area contributed by atoms with Gasteiger partial charge in [-0.3, -0.25) is 0 Å². The van der Waals surface area contributed by atoms with Gasteiger partial charge in [-0.25, -0.2) is 0 Å². The van der Waals surface area contributed by atoms with Gasteiger partial charge in [-0.2, -0.15) is 0 Å². The summed E-state index contributed by atoms with van der Waals surface area (Å²) >= 11 is 1.87. The lowest BCUT2D eigenvalue weighted by Gasteiger charge is -2.27. The van der Waals surface area contributed by atoms with Crippen LogP contribution in [0.15, 0.2) is 235 Å². The molecule has 0 radical (unpaired) electrons. The van der Waals surface area contributed by atoms with E-state index in [-0.39, 0.29) is 0 Å². The van der Waals surface area contributed by atoms with Crippen molar-refractivity contribution in [3.63, 3.8) is 0 Å². The number of nitrogens with zero attached hydrogens (tertiary/aromatic N) is 2. The summed E-state index contributed by atoms with van der Waals surface area (Å²) in [5.74, 6) is 0. The minimum atomic E-state index is 0.899. The number of para-hydroxylation sites is 4. The van der Waals surface area contributed by atoms with Crippen LogP contribution in [0, 0.1) is 0 Å². The summed E-state index contributed by atoms with van der Waals surface area (Å²) < 4.78 is 11.3. The van der Waals surface area contributed by atoms with Crippen LogP contribution in [-0.4, -0.2) is 4.57 Å². The Labute approximate surface area is 373 Å². The molecular formula is C60H38N2OS. The molecule has 0 atom stereocenters. The van der Waals surface area contributed by atoms with Gasteiger partial charge in [-0.1, -0.05) is 158 Å².